The summed E-state index contributed by atoms with van der Waals surface area (Å²) in [5, 5.41) is 19.7. The molecule has 5 heteroatoms. The number of unbranched alkanes of at least 4 members (excludes halogenated alkanes) is 2. The number of nitrogens with one attached hydrogen (secondary N) is 1. The average molecular weight is 376 g/mol. The first-order chi connectivity index (χ1) is 12.7. The molecule has 5 nitrogen and oxygen atoms in total. The topological polar surface area (TPSA) is 82.6 Å². The number of ether oxygens (including phenoxy) is 1. The van der Waals surface area contributed by atoms with Crippen molar-refractivity contribution in [2.45, 2.75) is 58.8 Å². The van der Waals surface area contributed by atoms with Gasteiger partial charge in [0.15, 0.2) is 0 Å². The van der Waals surface area contributed by atoms with Gasteiger partial charge in [0.2, 0.25) is 0 Å². The average Bonchev–Trinajstić information content (AvgIpc) is 3.02. The van der Waals surface area contributed by atoms with Gasteiger partial charge in [-0.15, -0.1) is 0 Å². The number of aliphatic hydroxyl groups excluding tert-OH is 2. The smallest absolute Gasteiger partial charge is 0.316 e. The highest BCUT2D eigenvalue weighted by Gasteiger charge is 2.33. The Morgan fingerprint density at radius 1 is 1.04 bits per heavy atom. The fourth-order valence-corrected chi connectivity index (χ4v) is 3.20. The van der Waals surface area contributed by atoms with Crippen LogP contribution in [0.4, 0.5) is 0 Å². The molecular weight excluding hydrogens is 342 g/mol. The number of rotatable bonds is 9. The van der Waals surface area contributed by atoms with E-state index in [-0.39, 0.29) is 5.41 Å². The van der Waals surface area contributed by atoms with E-state index in [1.807, 2.05) is 0 Å². The van der Waals surface area contributed by atoms with E-state index in [4.69, 9.17) is 4.74 Å². The normalized spacial score (nSPS) is 12.5. The number of esters is 1. The van der Waals surface area contributed by atoms with Gasteiger partial charge in [-0.05, 0) is 44.2 Å². The number of H-pyrrole nitrogens is 1. The van der Waals surface area contributed by atoms with E-state index >= 15 is 0 Å². The van der Waals surface area contributed by atoms with Gasteiger partial charge in [0.1, 0.15) is 5.41 Å². The summed E-state index contributed by atoms with van der Waals surface area (Å²) in [5.41, 5.74) is 2.69. The highest BCUT2D eigenvalue weighted by atomic mass is 16.5. The van der Waals surface area contributed by atoms with Crippen LogP contribution in [0.15, 0.2) is 24.3 Å². The molecule has 0 saturated heterocycles. The van der Waals surface area contributed by atoms with Crippen LogP contribution in [0.25, 0.3) is 10.9 Å². The monoisotopic (exact) mass is 375 g/mol. The minimum atomic E-state index is -1.22. The second-order valence-corrected chi connectivity index (χ2v) is 8.60. The number of hydrogen-bond donors (Lipinski definition) is 3. The number of carbonyl (C=O) groups excluding carboxylic acids is 1. The Balaban J connectivity index is 1.88. The summed E-state index contributed by atoms with van der Waals surface area (Å²) < 4.78 is 5.21. The second-order valence-electron chi connectivity index (χ2n) is 8.60. The molecule has 2 rings (SSSR count). The Kier molecular flexibility index (Phi) is 7.06. The molecule has 0 saturated carbocycles. The zero-order chi connectivity index (χ0) is 20.1. The standard InChI is InChI=1S/C22H33NO4/c1-21(2,3)19-17(16-10-7-8-12-18(16)23-19)11-6-5-9-13-27-20(26)22(4,14-24)15-25/h7-8,10,12,23-25H,5-6,9,11,13-15H2,1-4H3. The van der Waals surface area contributed by atoms with E-state index in [9.17, 15) is 15.0 Å². The van der Waals surface area contributed by atoms with Crippen LogP contribution < -0.4 is 0 Å². The minimum Gasteiger partial charge on any atom is -0.465 e. The zero-order valence-electron chi connectivity index (χ0n) is 17.0. The van der Waals surface area contributed by atoms with Gasteiger partial charge in [0.25, 0.3) is 0 Å². The first-order valence-electron chi connectivity index (χ1n) is 9.72. The molecule has 150 valence electrons. The zero-order valence-corrected chi connectivity index (χ0v) is 17.0. The largest absolute Gasteiger partial charge is 0.465 e. The number of aliphatic hydroxyl groups is 2. The fraction of sp³-hybridized carbons (Fsp3) is 0.591. The predicted molar refractivity (Wildman–Crippen MR) is 108 cm³/mol. The van der Waals surface area contributed by atoms with Crippen molar-refractivity contribution in [3.63, 3.8) is 0 Å². The number of carbonyl (C=O) groups is 1. The quantitative estimate of drug-likeness (QED) is 0.461. The molecule has 0 aliphatic heterocycles. The van der Waals surface area contributed by atoms with Crippen LogP contribution in [0.2, 0.25) is 0 Å². The summed E-state index contributed by atoms with van der Waals surface area (Å²) >= 11 is 0. The lowest BCUT2D eigenvalue weighted by Gasteiger charge is -2.22. The van der Waals surface area contributed by atoms with Crippen molar-refractivity contribution in [2.24, 2.45) is 5.41 Å². The van der Waals surface area contributed by atoms with Crippen LogP contribution in [0.5, 0.6) is 0 Å². The Labute approximate surface area is 161 Å². The maximum Gasteiger partial charge on any atom is 0.316 e. The molecule has 1 aromatic heterocycles. The van der Waals surface area contributed by atoms with Crippen LogP contribution in [-0.4, -0.2) is 41.0 Å². The van der Waals surface area contributed by atoms with Crippen LogP contribution in [0, 0.1) is 5.41 Å². The lowest BCUT2D eigenvalue weighted by Crippen LogP contribution is -2.37. The van der Waals surface area contributed by atoms with Gasteiger partial charge >= 0.3 is 5.97 Å². The highest BCUT2D eigenvalue weighted by molar-refractivity contribution is 5.85. The molecule has 1 aromatic carbocycles. The second kappa shape index (κ2) is 8.89. The summed E-state index contributed by atoms with van der Waals surface area (Å²) in [4.78, 5) is 15.5. The number of hydrogen-bond acceptors (Lipinski definition) is 4. The Bertz CT molecular complexity index is 753. The van der Waals surface area contributed by atoms with E-state index in [0.717, 1.165) is 25.7 Å². The van der Waals surface area contributed by atoms with Gasteiger partial charge in [-0.25, -0.2) is 0 Å². The minimum absolute atomic E-state index is 0.0585. The lowest BCUT2D eigenvalue weighted by atomic mass is 9.87. The Morgan fingerprint density at radius 2 is 1.70 bits per heavy atom. The van der Waals surface area contributed by atoms with Gasteiger partial charge in [-0.3, -0.25) is 4.79 Å². The van der Waals surface area contributed by atoms with Crippen molar-refractivity contribution in [1.82, 2.24) is 4.98 Å². The van der Waals surface area contributed by atoms with Crippen LogP contribution in [-0.2, 0) is 21.4 Å². The van der Waals surface area contributed by atoms with Gasteiger partial charge in [-0.2, -0.15) is 0 Å². The molecule has 0 aliphatic carbocycles. The summed E-state index contributed by atoms with van der Waals surface area (Å²) in [6, 6.07) is 8.41. The highest BCUT2D eigenvalue weighted by Crippen LogP contribution is 2.32. The number of para-hydroxylation sites is 1. The third-order valence-corrected chi connectivity index (χ3v) is 5.06. The summed E-state index contributed by atoms with van der Waals surface area (Å²) in [5.74, 6) is -0.542. The number of aryl methyl sites for hydroxylation is 1. The van der Waals surface area contributed by atoms with Crippen LogP contribution in [0.3, 0.4) is 0 Å². The predicted octanol–water partition coefficient (Wildman–Crippen LogP) is 3.71. The molecule has 0 amide bonds. The summed E-state index contributed by atoms with van der Waals surface area (Å²) in [7, 11) is 0. The third kappa shape index (κ3) is 5.11. The van der Waals surface area contributed by atoms with Crippen molar-refractivity contribution in [3.8, 4) is 0 Å². The number of benzene rings is 1. The molecule has 1 heterocycles. The first kappa shape index (κ1) is 21.5. The van der Waals surface area contributed by atoms with Crippen LogP contribution in [0.1, 0.15) is 58.2 Å². The van der Waals surface area contributed by atoms with Gasteiger partial charge in [0, 0.05) is 22.0 Å². The third-order valence-electron chi connectivity index (χ3n) is 5.06. The van der Waals surface area contributed by atoms with Gasteiger partial charge in [-0.1, -0.05) is 39.0 Å². The van der Waals surface area contributed by atoms with Crippen LogP contribution >= 0.6 is 0 Å². The fourth-order valence-electron chi connectivity index (χ4n) is 3.20. The van der Waals surface area contributed by atoms with E-state index in [1.54, 1.807) is 0 Å². The van der Waals surface area contributed by atoms with Gasteiger partial charge < -0.3 is 19.9 Å². The molecule has 3 N–H and O–H groups in total. The van der Waals surface area contributed by atoms with Gasteiger partial charge in [0.05, 0.1) is 19.8 Å². The summed E-state index contributed by atoms with van der Waals surface area (Å²) in [6.45, 7) is 7.64. The first-order valence-corrected chi connectivity index (χ1v) is 9.72. The van der Waals surface area contributed by atoms with Crippen molar-refractivity contribution >= 4 is 16.9 Å². The number of aromatic amines is 1. The molecule has 0 atom stereocenters. The molecule has 0 spiro atoms. The maximum absolute atomic E-state index is 11.9. The molecule has 0 unspecified atom stereocenters. The number of aromatic nitrogens is 1. The SMILES string of the molecule is CC(CO)(CO)C(=O)OCCCCCc1c(C(C)(C)C)[nH]c2ccccc12. The van der Waals surface area contributed by atoms with Crippen molar-refractivity contribution < 1.29 is 19.7 Å². The van der Waals surface area contributed by atoms with Crippen molar-refractivity contribution in [2.75, 3.05) is 19.8 Å². The maximum atomic E-state index is 11.9. The molecule has 27 heavy (non-hydrogen) atoms. The van der Waals surface area contributed by atoms with Crippen molar-refractivity contribution in [1.29, 1.82) is 0 Å². The summed E-state index contributed by atoms with van der Waals surface area (Å²) in [6.07, 6.45) is 3.71. The number of fused-ring (bicyclic) bond motifs is 1. The molecular formula is C22H33NO4. The van der Waals surface area contributed by atoms with E-state index < -0.39 is 24.6 Å². The van der Waals surface area contributed by atoms with E-state index in [2.05, 4.69) is 50.0 Å². The Hall–Kier alpha value is -1.85. The molecule has 0 bridgehead atoms. The molecule has 0 fully saturated rings. The lowest BCUT2D eigenvalue weighted by molar-refractivity contribution is -0.160. The molecule has 2 aromatic rings. The van der Waals surface area contributed by atoms with E-state index in [1.165, 1.54) is 29.1 Å². The Morgan fingerprint density at radius 3 is 2.33 bits per heavy atom. The van der Waals surface area contributed by atoms with E-state index in [0.29, 0.717) is 6.61 Å². The van der Waals surface area contributed by atoms with Crippen molar-refractivity contribution in [3.05, 3.63) is 35.5 Å². The molecule has 0 radical (unpaired) electrons. The molecule has 0 aliphatic rings.